The highest BCUT2D eigenvalue weighted by Gasteiger charge is 2.35. The first-order valence-corrected chi connectivity index (χ1v) is 6.16. The van der Waals surface area contributed by atoms with Gasteiger partial charge >= 0.3 is 0 Å². The standard InChI is InChI=1S/C13H11ClN2O4/c1-7(17)15-6-12(19)16(8(2)18)11-4-3-9(14)5-10(11)13(15)20/h3-5H,6H2,1-2H3. The zero-order valence-corrected chi connectivity index (χ0v) is 11.6. The summed E-state index contributed by atoms with van der Waals surface area (Å²) in [6.07, 6.45) is 0. The van der Waals surface area contributed by atoms with Crippen LogP contribution in [0, 0.1) is 0 Å². The van der Waals surface area contributed by atoms with Gasteiger partial charge in [-0.2, -0.15) is 0 Å². The van der Waals surface area contributed by atoms with Gasteiger partial charge in [0.25, 0.3) is 11.8 Å². The van der Waals surface area contributed by atoms with Crippen molar-refractivity contribution in [3.05, 3.63) is 28.8 Å². The molecule has 0 aliphatic carbocycles. The van der Waals surface area contributed by atoms with Gasteiger partial charge in [0, 0.05) is 18.9 Å². The Morgan fingerprint density at radius 3 is 2.35 bits per heavy atom. The molecule has 7 heteroatoms. The number of hydrogen-bond donors (Lipinski definition) is 0. The van der Waals surface area contributed by atoms with E-state index in [1.165, 1.54) is 32.0 Å². The highest BCUT2D eigenvalue weighted by molar-refractivity contribution is 6.32. The fraction of sp³-hybridized carbons (Fsp3) is 0.231. The second-order valence-electron chi connectivity index (χ2n) is 4.32. The second-order valence-corrected chi connectivity index (χ2v) is 4.76. The van der Waals surface area contributed by atoms with Gasteiger partial charge < -0.3 is 0 Å². The third-order valence-corrected chi connectivity index (χ3v) is 3.15. The fourth-order valence-corrected chi connectivity index (χ4v) is 2.20. The quantitative estimate of drug-likeness (QED) is 0.721. The van der Waals surface area contributed by atoms with E-state index in [1.807, 2.05) is 0 Å². The van der Waals surface area contributed by atoms with Crippen LogP contribution < -0.4 is 4.90 Å². The summed E-state index contributed by atoms with van der Waals surface area (Å²) in [7, 11) is 0. The molecule has 0 N–H and O–H groups in total. The van der Waals surface area contributed by atoms with Gasteiger partial charge in [0.1, 0.15) is 6.54 Å². The van der Waals surface area contributed by atoms with Crippen LogP contribution in [0.1, 0.15) is 24.2 Å². The molecule has 6 nitrogen and oxygen atoms in total. The summed E-state index contributed by atoms with van der Waals surface area (Å²) in [6.45, 7) is 1.92. The Balaban J connectivity index is 2.69. The lowest BCUT2D eigenvalue weighted by Gasteiger charge is -2.18. The molecule has 0 saturated carbocycles. The van der Waals surface area contributed by atoms with Gasteiger partial charge in [0.15, 0.2) is 0 Å². The summed E-state index contributed by atoms with van der Waals surface area (Å²) in [5, 5.41) is 0.276. The van der Waals surface area contributed by atoms with Gasteiger partial charge in [-0.3, -0.25) is 24.1 Å². The van der Waals surface area contributed by atoms with Crippen LogP contribution in [0.15, 0.2) is 18.2 Å². The molecule has 0 spiro atoms. The Bertz CT molecular complexity index is 641. The largest absolute Gasteiger partial charge is 0.275 e. The zero-order valence-electron chi connectivity index (χ0n) is 10.8. The summed E-state index contributed by atoms with van der Waals surface area (Å²) in [5.41, 5.74) is 0.189. The molecule has 1 aliphatic rings. The van der Waals surface area contributed by atoms with Crippen LogP contribution in [0.5, 0.6) is 0 Å². The second kappa shape index (κ2) is 5.05. The monoisotopic (exact) mass is 294 g/mol. The van der Waals surface area contributed by atoms with Crippen molar-refractivity contribution in [1.29, 1.82) is 0 Å². The first-order valence-electron chi connectivity index (χ1n) is 5.78. The summed E-state index contributed by atoms with van der Waals surface area (Å²) in [6, 6.07) is 4.22. The molecule has 1 aromatic rings. The van der Waals surface area contributed by atoms with E-state index in [1.54, 1.807) is 0 Å². The number of rotatable bonds is 0. The lowest BCUT2D eigenvalue weighted by Crippen LogP contribution is -2.43. The van der Waals surface area contributed by atoms with Crippen molar-refractivity contribution >= 4 is 40.9 Å². The normalized spacial score (nSPS) is 14.9. The van der Waals surface area contributed by atoms with Gasteiger partial charge in [-0.25, -0.2) is 4.90 Å². The predicted molar refractivity (Wildman–Crippen MR) is 71.3 cm³/mol. The molecular weight excluding hydrogens is 284 g/mol. The van der Waals surface area contributed by atoms with Crippen LogP contribution in [-0.4, -0.2) is 35.1 Å². The van der Waals surface area contributed by atoms with Gasteiger partial charge in [-0.1, -0.05) is 11.6 Å². The topological polar surface area (TPSA) is 74.8 Å². The lowest BCUT2D eigenvalue weighted by atomic mass is 10.1. The van der Waals surface area contributed by atoms with Crippen LogP contribution in [0.3, 0.4) is 0 Å². The number of hydrogen-bond acceptors (Lipinski definition) is 4. The molecule has 0 radical (unpaired) electrons. The smallest absolute Gasteiger partial charge is 0.263 e. The molecule has 0 saturated heterocycles. The van der Waals surface area contributed by atoms with Crippen molar-refractivity contribution in [1.82, 2.24) is 4.90 Å². The minimum absolute atomic E-state index is 0.0498. The van der Waals surface area contributed by atoms with Crippen molar-refractivity contribution in [2.24, 2.45) is 0 Å². The van der Waals surface area contributed by atoms with Gasteiger partial charge in [-0.15, -0.1) is 0 Å². The van der Waals surface area contributed by atoms with E-state index in [9.17, 15) is 19.2 Å². The third kappa shape index (κ3) is 2.30. The van der Waals surface area contributed by atoms with Crippen LogP contribution in [0.4, 0.5) is 5.69 Å². The van der Waals surface area contributed by atoms with Crippen LogP contribution in [0.25, 0.3) is 0 Å². The summed E-state index contributed by atoms with van der Waals surface area (Å²) in [4.78, 5) is 49.2. The molecule has 20 heavy (non-hydrogen) atoms. The van der Waals surface area contributed by atoms with Crippen LogP contribution >= 0.6 is 11.6 Å². The van der Waals surface area contributed by atoms with E-state index in [0.717, 1.165) is 9.80 Å². The molecule has 0 atom stereocenters. The number of nitrogens with zero attached hydrogens (tertiary/aromatic N) is 2. The molecule has 1 aromatic carbocycles. The minimum atomic E-state index is -0.646. The summed E-state index contributed by atoms with van der Waals surface area (Å²) >= 11 is 5.84. The molecule has 0 unspecified atom stereocenters. The average molecular weight is 295 g/mol. The molecule has 1 aliphatic heterocycles. The summed E-state index contributed by atoms with van der Waals surface area (Å²) < 4.78 is 0. The number of anilines is 1. The van der Waals surface area contributed by atoms with Crippen molar-refractivity contribution in [2.75, 3.05) is 11.4 Å². The molecule has 4 amide bonds. The van der Waals surface area contributed by atoms with Crippen molar-refractivity contribution in [3.63, 3.8) is 0 Å². The van der Waals surface area contributed by atoms with Gasteiger partial charge in [0.2, 0.25) is 11.8 Å². The first-order chi connectivity index (χ1) is 9.32. The van der Waals surface area contributed by atoms with E-state index in [-0.39, 0.29) is 16.3 Å². The highest BCUT2D eigenvalue weighted by Crippen LogP contribution is 2.28. The van der Waals surface area contributed by atoms with E-state index < -0.39 is 30.2 Å². The molecule has 2 rings (SSSR count). The van der Waals surface area contributed by atoms with Gasteiger partial charge in [0.05, 0.1) is 11.3 Å². The van der Waals surface area contributed by atoms with Crippen molar-refractivity contribution < 1.29 is 19.2 Å². The van der Waals surface area contributed by atoms with E-state index >= 15 is 0 Å². The molecule has 1 heterocycles. The van der Waals surface area contributed by atoms with Crippen molar-refractivity contribution in [2.45, 2.75) is 13.8 Å². The number of carbonyl (C=O) groups is 4. The predicted octanol–water partition coefficient (Wildman–Crippen LogP) is 1.22. The van der Waals surface area contributed by atoms with Crippen LogP contribution in [-0.2, 0) is 14.4 Å². The Morgan fingerprint density at radius 2 is 1.80 bits per heavy atom. The fourth-order valence-electron chi connectivity index (χ4n) is 2.03. The minimum Gasteiger partial charge on any atom is -0.275 e. The maximum absolute atomic E-state index is 12.3. The zero-order chi connectivity index (χ0) is 15.0. The molecule has 104 valence electrons. The number of benzene rings is 1. The molecular formula is C13H11ClN2O4. The lowest BCUT2D eigenvalue weighted by molar-refractivity contribution is -0.132. The Kier molecular flexibility index (Phi) is 3.59. The maximum Gasteiger partial charge on any atom is 0.263 e. The van der Waals surface area contributed by atoms with Crippen LogP contribution in [0.2, 0.25) is 5.02 Å². The maximum atomic E-state index is 12.3. The number of carbonyl (C=O) groups excluding carboxylic acids is 4. The number of fused-ring (bicyclic) bond motifs is 1. The number of amides is 4. The van der Waals surface area contributed by atoms with Crippen molar-refractivity contribution in [3.8, 4) is 0 Å². The van der Waals surface area contributed by atoms with Gasteiger partial charge in [-0.05, 0) is 18.2 Å². The Morgan fingerprint density at radius 1 is 1.15 bits per heavy atom. The summed E-state index contributed by atoms with van der Waals surface area (Å²) in [5.74, 6) is -2.38. The molecule has 0 aromatic heterocycles. The van der Waals surface area contributed by atoms with E-state index in [2.05, 4.69) is 0 Å². The SMILES string of the molecule is CC(=O)N1CC(=O)N(C(C)=O)c2ccc(Cl)cc2C1=O. The number of halogens is 1. The Hall–Kier alpha value is -2.21. The third-order valence-electron chi connectivity index (χ3n) is 2.91. The van der Waals surface area contributed by atoms with E-state index in [0.29, 0.717) is 0 Å². The number of imide groups is 2. The highest BCUT2D eigenvalue weighted by atomic mass is 35.5. The first kappa shape index (κ1) is 14.2. The Labute approximate surface area is 119 Å². The average Bonchev–Trinajstić information content (AvgIpc) is 2.46. The molecule has 0 bridgehead atoms. The van der Waals surface area contributed by atoms with E-state index in [4.69, 9.17) is 11.6 Å². The molecule has 0 fully saturated rings.